The van der Waals surface area contributed by atoms with Crippen LogP contribution in [-0.4, -0.2) is 16.3 Å². The smallest absolute Gasteiger partial charge is 0.164 e. The van der Waals surface area contributed by atoms with Crippen molar-refractivity contribution in [2.45, 2.75) is 26.1 Å². The van der Waals surface area contributed by atoms with Gasteiger partial charge in [0.2, 0.25) is 0 Å². The van der Waals surface area contributed by atoms with Crippen LogP contribution in [0, 0.1) is 11.8 Å². The van der Waals surface area contributed by atoms with Crippen molar-refractivity contribution in [1.82, 2.24) is 0 Å². The van der Waals surface area contributed by atoms with Crippen LogP contribution in [0.3, 0.4) is 0 Å². The average Bonchev–Trinajstić information content (AvgIpc) is 2.48. The first kappa shape index (κ1) is 14.2. The summed E-state index contributed by atoms with van der Waals surface area (Å²) in [4.78, 5) is 0. The van der Waals surface area contributed by atoms with E-state index in [1.165, 1.54) is 12.1 Å². The molecule has 2 N–H and O–H groups in total. The van der Waals surface area contributed by atoms with Crippen molar-refractivity contribution in [2.75, 3.05) is 0 Å². The Hall–Kier alpha value is -2.80. The highest BCUT2D eigenvalue weighted by molar-refractivity contribution is 5.50. The quantitative estimate of drug-likeness (QED) is 0.792. The molecule has 0 saturated heterocycles. The molecule has 0 bridgehead atoms. The van der Waals surface area contributed by atoms with Crippen LogP contribution in [0.4, 0.5) is 0 Å². The van der Waals surface area contributed by atoms with Crippen molar-refractivity contribution in [2.24, 2.45) is 0 Å². The number of phenols is 2. The number of ether oxygens (including phenoxy) is 2. The normalized spacial score (nSPS) is 19.2. The zero-order valence-corrected chi connectivity index (χ0v) is 12.3. The summed E-state index contributed by atoms with van der Waals surface area (Å²) in [6, 6.07) is 9.97. The lowest BCUT2D eigenvalue weighted by Gasteiger charge is -2.32. The van der Waals surface area contributed by atoms with Crippen molar-refractivity contribution >= 4 is 0 Å². The standard InChI is InChI=1S/C18H16O4/c1-3-4-12-5-8-16-17(9-12)22-18(11(2)21-16)14-7-6-13(19)10-15(14)20/h5-11,18-20H,1-2H3. The molecule has 2 atom stereocenters. The van der Waals surface area contributed by atoms with Crippen molar-refractivity contribution in [3.63, 3.8) is 0 Å². The van der Waals surface area contributed by atoms with Crippen LogP contribution in [0.25, 0.3) is 0 Å². The van der Waals surface area contributed by atoms with E-state index in [0.29, 0.717) is 17.1 Å². The molecule has 1 heterocycles. The predicted octanol–water partition coefficient (Wildman–Crippen LogP) is 3.37. The molecular formula is C18H16O4. The van der Waals surface area contributed by atoms with Crippen LogP contribution in [0.2, 0.25) is 0 Å². The minimum absolute atomic E-state index is 0.00605. The summed E-state index contributed by atoms with van der Waals surface area (Å²) in [5.41, 5.74) is 1.41. The van der Waals surface area contributed by atoms with E-state index in [0.717, 1.165) is 5.56 Å². The van der Waals surface area contributed by atoms with Gasteiger partial charge in [-0.25, -0.2) is 0 Å². The summed E-state index contributed by atoms with van der Waals surface area (Å²) in [6.07, 6.45) is -0.732. The monoisotopic (exact) mass is 296 g/mol. The number of aromatic hydroxyl groups is 2. The Morgan fingerprint density at radius 3 is 2.55 bits per heavy atom. The van der Waals surface area contributed by atoms with E-state index in [4.69, 9.17) is 9.47 Å². The SMILES string of the molecule is CC#Cc1ccc2c(c1)OC(c1ccc(O)cc1O)C(C)O2. The molecule has 0 aliphatic carbocycles. The Balaban J connectivity index is 1.98. The first-order valence-electron chi connectivity index (χ1n) is 7.00. The predicted molar refractivity (Wildman–Crippen MR) is 82.2 cm³/mol. The highest BCUT2D eigenvalue weighted by atomic mass is 16.6. The largest absolute Gasteiger partial charge is 0.508 e. The topological polar surface area (TPSA) is 58.9 Å². The van der Waals surface area contributed by atoms with E-state index in [1.54, 1.807) is 13.0 Å². The van der Waals surface area contributed by atoms with Gasteiger partial charge in [-0.1, -0.05) is 5.92 Å². The van der Waals surface area contributed by atoms with Gasteiger partial charge in [0.25, 0.3) is 0 Å². The van der Waals surface area contributed by atoms with Crippen LogP contribution in [0.5, 0.6) is 23.0 Å². The summed E-state index contributed by atoms with van der Waals surface area (Å²) >= 11 is 0. The molecule has 2 aromatic rings. The molecule has 1 aliphatic heterocycles. The second-order valence-corrected chi connectivity index (χ2v) is 5.14. The third-order valence-corrected chi connectivity index (χ3v) is 3.53. The molecule has 2 unspecified atom stereocenters. The molecule has 4 heteroatoms. The molecule has 3 rings (SSSR count). The number of benzene rings is 2. The zero-order valence-electron chi connectivity index (χ0n) is 12.3. The maximum absolute atomic E-state index is 10.0. The second-order valence-electron chi connectivity index (χ2n) is 5.14. The molecule has 2 aromatic carbocycles. The van der Waals surface area contributed by atoms with Gasteiger partial charge in [-0.05, 0) is 44.2 Å². The number of hydrogen-bond acceptors (Lipinski definition) is 4. The van der Waals surface area contributed by atoms with Crippen molar-refractivity contribution in [3.8, 4) is 34.8 Å². The van der Waals surface area contributed by atoms with Gasteiger partial charge in [-0.3, -0.25) is 0 Å². The number of fused-ring (bicyclic) bond motifs is 1. The van der Waals surface area contributed by atoms with Crippen LogP contribution in [-0.2, 0) is 0 Å². The summed E-state index contributed by atoms with van der Waals surface area (Å²) in [5, 5.41) is 19.4. The van der Waals surface area contributed by atoms with E-state index in [1.807, 2.05) is 25.1 Å². The van der Waals surface area contributed by atoms with Gasteiger partial charge >= 0.3 is 0 Å². The highest BCUT2D eigenvalue weighted by Crippen LogP contribution is 2.42. The molecule has 22 heavy (non-hydrogen) atoms. The third kappa shape index (κ3) is 2.53. The summed E-state index contributed by atoms with van der Waals surface area (Å²) in [5.74, 6) is 7.05. The molecular weight excluding hydrogens is 280 g/mol. The Bertz CT molecular complexity index is 770. The Morgan fingerprint density at radius 1 is 1.00 bits per heavy atom. The van der Waals surface area contributed by atoms with Gasteiger partial charge in [-0.15, -0.1) is 5.92 Å². The molecule has 0 saturated carbocycles. The lowest BCUT2D eigenvalue weighted by molar-refractivity contribution is 0.0293. The zero-order chi connectivity index (χ0) is 15.7. The van der Waals surface area contributed by atoms with E-state index in [2.05, 4.69) is 11.8 Å². The van der Waals surface area contributed by atoms with Gasteiger partial charge in [0.05, 0.1) is 0 Å². The number of hydrogen-bond donors (Lipinski definition) is 2. The molecule has 4 nitrogen and oxygen atoms in total. The molecule has 0 spiro atoms. The van der Waals surface area contributed by atoms with Gasteiger partial charge < -0.3 is 19.7 Å². The first-order chi connectivity index (χ1) is 10.6. The van der Waals surface area contributed by atoms with Gasteiger partial charge in [0.15, 0.2) is 17.6 Å². The lowest BCUT2D eigenvalue weighted by Crippen LogP contribution is -2.30. The Labute approximate surface area is 128 Å². The molecule has 0 aromatic heterocycles. The van der Waals surface area contributed by atoms with E-state index >= 15 is 0 Å². The summed E-state index contributed by atoms with van der Waals surface area (Å²) in [6.45, 7) is 3.65. The molecule has 1 aliphatic rings. The molecule has 0 fully saturated rings. The van der Waals surface area contributed by atoms with Crippen LogP contribution >= 0.6 is 0 Å². The number of rotatable bonds is 1. The Kier molecular flexibility index (Phi) is 3.56. The van der Waals surface area contributed by atoms with E-state index < -0.39 is 6.10 Å². The van der Waals surface area contributed by atoms with Crippen LogP contribution < -0.4 is 9.47 Å². The summed E-state index contributed by atoms with van der Waals surface area (Å²) in [7, 11) is 0. The van der Waals surface area contributed by atoms with Gasteiger partial charge in [-0.2, -0.15) is 0 Å². The number of phenolic OH excluding ortho intramolecular Hbond substituents is 2. The average molecular weight is 296 g/mol. The maximum atomic E-state index is 10.0. The Morgan fingerprint density at radius 2 is 1.82 bits per heavy atom. The van der Waals surface area contributed by atoms with Gasteiger partial charge in [0.1, 0.15) is 17.6 Å². The lowest BCUT2D eigenvalue weighted by atomic mass is 10.0. The highest BCUT2D eigenvalue weighted by Gasteiger charge is 2.31. The van der Waals surface area contributed by atoms with Crippen molar-refractivity contribution in [1.29, 1.82) is 0 Å². The minimum Gasteiger partial charge on any atom is -0.508 e. The minimum atomic E-state index is -0.460. The molecule has 0 radical (unpaired) electrons. The third-order valence-electron chi connectivity index (χ3n) is 3.53. The van der Waals surface area contributed by atoms with E-state index in [-0.39, 0.29) is 17.6 Å². The van der Waals surface area contributed by atoms with Crippen LogP contribution in [0.1, 0.15) is 31.1 Å². The fourth-order valence-electron chi connectivity index (χ4n) is 2.50. The summed E-state index contributed by atoms with van der Waals surface area (Å²) < 4.78 is 11.9. The van der Waals surface area contributed by atoms with Crippen molar-refractivity contribution < 1.29 is 19.7 Å². The molecule has 0 amide bonds. The second kappa shape index (κ2) is 5.53. The van der Waals surface area contributed by atoms with Crippen LogP contribution in [0.15, 0.2) is 36.4 Å². The van der Waals surface area contributed by atoms with E-state index in [9.17, 15) is 10.2 Å². The molecule has 112 valence electrons. The first-order valence-corrected chi connectivity index (χ1v) is 7.00. The maximum Gasteiger partial charge on any atom is 0.164 e. The van der Waals surface area contributed by atoms with Gasteiger partial charge in [0, 0.05) is 17.2 Å². The fourth-order valence-corrected chi connectivity index (χ4v) is 2.50. The van der Waals surface area contributed by atoms with Crippen molar-refractivity contribution in [3.05, 3.63) is 47.5 Å². The fraction of sp³-hybridized carbons (Fsp3) is 0.222.